The van der Waals surface area contributed by atoms with Crippen molar-refractivity contribution in [1.29, 1.82) is 0 Å². The zero-order valence-electron chi connectivity index (χ0n) is 12.7. The summed E-state index contributed by atoms with van der Waals surface area (Å²) < 4.78 is 5.44. The third kappa shape index (κ3) is 2.77. The molecule has 1 atom stereocenters. The normalized spacial score (nSPS) is 20.8. The number of aryl methyl sites for hydroxylation is 1. The van der Waals surface area contributed by atoms with Crippen molar-refractivity contribution >= 4 is 5.69 Å². The molecule has 0 aliphatic carbocycles. The highest BCUT2D eigenvalue weighted by atomic mass is 16.5. The van der Waals surface area contributed by atoms with Crippen LogP contribution in [0.5, 0.6) is 0 Å². The number of aromatic nitrogens is 2. The molecular formula is C15H21N5O. The van der Waals surface area contributed by atoms with Gasteiger partial charge < -0.3 is 15.2 Å². The molecule has 21 heavy (non-hydrogen) atoms. The Morgan fingerprint density at radius 1 is 1.29 bits per heavy atom. The van der Waals surface area contributed by atoms with Crippen molar-refractivity contribution in [2.45, 2.75) is 13.0 Å². The largest absolute Gasteiger partial charge is 0.398 e. The van der Waals surface area contributed by atoms with E-state index in [1.54, 1.807) is 0 Å². The van der Waals surface area contributed by atoms with E-state index in [1.807, 2.05) is 25.1 Å². The van der Waals surface area contributed by atoms with Crippen LogP contribution in [0.4, 0.5) is 5.69 Å². The number of benzene rings is 1. The summed E-state index contributed by atoms with van der Waals surface area (Å²) in [6.07, 6.45) is 0. The minimum Gasteiger partial charge on any atom is -0.398 e. The highest BCUT2D eigenvalue weighted by Gasteiger charge is 2.28. The summed E-state index contributed by atoms with van der Waals surface area (Å²) in [7, 11) is 4.20. The van der Waals surface area contributed by atoms with Crippen LogP contribution in [-0.2, 0) is 0 Å². The van der Waals surface area contributed by atoms with Gasteiger partial charge in [0.2, 0.25) is 0 Å². The number of piperazine rings is 1. The van der Waals surface area contributed by atoms with Gasteiger partial charge in [0, 0.05) is 25.3 Å². The standard InChI is InChI=1S/C15H21N5O/c1-10-4-5-12(16)11(8-10)15-17-14(18-21-15)13-9-19(2)6-7-20(13)3/h4-5,8,13H,6-7,9,16H2,1-3H3. The van der Waals surface area contributed by atoms with E-state index in [0.29, 0.717) is 11.6 Å². The van der Waals surface area contributed by atoms with Gasteiger partial charge in [0.05, 0.1) is 11.6 Å². The highest BCUT2D eigenvalue weighted by molar-refractivity contribution is 5.71. The van der Waals surface area contributed by atoms with Gasteiger partial charge in [0.1, 0.15) is 0 Å². The molecule has 1 aliphatic rings. The first-order valence-corrected chi connectivity index (χ1v) is 7.13. The zero-order valence-corrected chi connectivity index (χ0v) is 12.7. The van der Waals surface area contributed by atoms with Crippen LogP contribution >= 0.6 is 0 Å². The number of anilines is 1. The molecule has 2 aromatic rings. The molecule has 1 aliphatic heterocycles. The maximum Gasteiger partial charge on any atom is 0.260 e. The number of nitrogens with zero attached hydrogens (tertiary/aromatic N) is 4. The summed E-state index contributed by atoms with van der Waals surface area (Å²) in [5.41, 5.74) is 8.59. The Labute approximate surface area is 124 Å². The zero-order chi connectivity index (χ0) is 15.0. The average molecular weight is 287 g/mol. The van der Waals surface area contributed by atoms with E-state index < -0.39 is 0 Å². The van der Waals surface area contributed by atoms with E-state index >= 15 is 0 Å². The quantitative estimate of drug-likeness (QED) is 0.845. The molecule has 1 aromatic heterocycles. The first-order chi connectivity index (χ1) is 10.0. The molecule has 1 fully saturated rings. The summed E-state index contributed by atoms with van der Waals surface area (Å²) in [6.45, 7) is 4.98. The fourth-order valence-electron chi connectivity index (χ4n) is 2.62. The monoisotopic (exact) mass is 287 g/mol. The van der Waals surface area contributed by atoms with Crippen LogP contribution in [0.1, 0.15) is 17.4 Å². The van der Waals surface area contributed by atoms with Crippen molar-refractivity contribution in [1.82, 2.24) is 19.9 Å². The molecular weight excluding hydrogens is 266 g/mol. The fraction of sp³-hybridized carbons (Fsp3) is 0.467. The van der Waals surface area contributed by atoms with E-state index in [0.717, 1.165) is 36.6 Å². The molecule has 2 heterocycles. The van der Waals surface area contributed by atoms with Crippen LogP contribution in [0.2, 0.25) is 0 Å². The molecule has 1 aromatic carbocycles. The van der Waals surface area contributed by atoms with E-state index in [4.69, 9.17) is 10.3 Å². The van der Waals surface area contributed by atoms with Gasteiger partial charge in [-0.15, -0.1) is 0 Å². The lowest BCUT2D eigenvalue weighted by Gasteiger charge is -2.35. The molecule has 6 nitrogen and oxygen atoms in total. The maximum absolute atomic E-state index is 6.01. The van der Waals surface area contributed by atoms with Crippen LogP contribution < -0.4 is 5.73 Å². The van der Waals surface area contributed by atoms with Gasteiger partial charge in [-0.25, -0.2) is 0 Å². The van der Waals surface area contributed by atoms with Crippen LogP contribution in [0.15, 0.2) is 22.7 Å². The van der Waals surface area contributed by atoms with Crippen molar-refractivity contribution in [2.24, 2.45) is 0 Å². The first kappa shape index (κ1) is 14.0. The Morgan fingerprint density at radius 2 is 2.10 bits per heavy atom. The molecule has 1 saturated heterocycles. The molecule has 3 rings (SSSR count). The van der Waals surface area contributed by atoms with Crippen LogP contribution in [-0.4, -0.2) is 53.7 Å². The Bertz CT molecular complexity index is 639. The smallest absolute Gasteiger partial charge is 0.260 e. The summed E-state index contributed by atoms with van der Waals surface area (Å²) in [5, 5.41) is 4.16. The minimum absolute atomic E-state index is 0.160. The van der Waals surface area contributed by atoms with Gasteiger partial charge in [-0.05, 0) is 33.2 Å². The fourth-order valence-corrected chi connectivity index (χ4v) is 2.62. The lowest BCUT2D eigenvalue weighted by Crippen LogP contribution is -2.45. The molecule has 0 saturated carbocycles. The molecule has 6 heteroatoms. The van der Waals surface area contributed by atoms with Crippen LogP contribution in [0, 0.1) is 6.92 Å². The number of rotatable bonds is 2. The van der Waals surface area contributed by atoms with E-state index in [1.165, 1.54) is 0 Å². The number of nitrogen functional groups attached to an aromatic ring is 1. The Hall–Kier alpha value is -1.92. The predicted octanol–water partition coefficient (Wildman–Crippen LogP) is 1.55. The van der Waals surface area contributed by atoms with Crippen molar-refractivity contribution in [3.8, 4) is 11.5 Å². The molecule has 112 valence electrons. The second-order valence-corrected chi connectivity index (χ2v) is 5.81. The van der Waals surface area contributed by atoms with Gasteiger partial charge in [0.15, 0.2) is 5.82 Å². The average Bonchev–Trinajstić information content (AvgIpc) is 2.93. The van der Waals surface area contributed by atoms with Crippen LogP contribution in [0.25, 0.3) is 11.5 Å². The second kappa shape index (κ2) is 5.46. The van der Waals surface area contributed by atoms with E-state index in [-0.39, 0.29) is 6.04 Å². The Kier molecular flexibility index (Phi) is 3.65. The lowest BCUT2D eigenvalue weighted by atomic mass is 10.1. The summed E-state index contributed by atoms with van der Waals surface area (Å²) in [5.74, 6) is 1.22. The van der Waals surface area contributed by atoms with E-state index in [9.17, 15) is 0 Å². The highest BCUT2D eigenvalue weighted by Crippen LogP contribution is 2.28. The van der Waals surface area contributed by atoms with Gasteiger partial charge >= 0.3 is 0 Å². The molecule has 0 radical (unpaired) electrons. The number of likely N-dealkylation sites (N-methyl/N-ethyl adjacent to an activating group) is 2. The molecule has 0 spiro atoms. The van der Waals surface area contributed by atoms with Gasteiger partial charge in [-0.2, -0.15) is 4.98 Å². The Morgan fingerprint density at radius 3 is 2.90 bits per heavy atom. The minimum atomic E-state index is 0.160. The van der Waals surface area contributed by atoms with E-state index in [2.05, 4.69) is 34.0 Å². The third-order valence-corrected chi connectivity index (χ3v) is 4.03. The second-order valence-electron chi connectivity index (χ2n) is 5.81. The first-order valence-electron chi connectivity index (χ1n) is 7.13. The molecule has 2 N–H and O–H groups in total. The lowest BCUT2D eigenvalue weighted by molar-refractivity contribution is 0.108. The summed E-state index contributed by atoms with van der Waals surface area (Å²) in [6, 6.07) is 5.98. The summed E-state index contributed by atoms with van der Waals surface area (Å²) >= 11 is 0. The number of hydrogen-bond acceptors (Lipinski definition) is 6. The molecule has 1 unspecified atom stereocenters. The van der Waals surface area contributed by atoms with Gasteiger partial charge in [-0.1, -0.05) is 16.8 Å². The van der Waals surface area contributed by atoms with Crippen molar-refractivity contribution < 1.29 is 4.52 Å². The Balaban J connectivity index is 1.91. The topological polar surface area (TPSA) is 71.4 Å². The maximum atomic E-state index is 6.01. The third-order valence-electron chi connectivity index (χ3n) is 4.03. The van der Waals surface area contributed by atoms with Crippen molar-refractivity contribution in [2.75, 3.05) is 39.5 Å². The summed E-state index contributed by atoms with van der Waals surface area (Å²) in [4.78, 5) is 9.10. The number of nitrogens with two attached hydrogens (primary N) is 1. The van der Waals surface area contributed by atoms with Gasteiger partial charge in [-0.3, -0.25) is 4.90 Å². The van der Waals surface area contributed by atoms with Crippen molar-refractivity contribution in [3.63, 3.8) is 0 Å². The SMILES string of the molecule is Cc1ccc(N)c(-c2nc(C3CN(C)CCN3C)no2)c1. The van der Waals surface area contributed by atoms with Crippen molar-refractivity contribution in [3.05, 3.63) is 29.6 Å². The van der Waals surface area contributed by atoms with Gasteiger partial charge in [0.25, 0.3) is 5.89 Å². The molecule has 0 bridgehead atoms. The number of hydrogen-bond donors (Lipinski definition) is 1. The predicted molar refractivity (Wildman–Crippen MR) is 81.8 cm³/mol. The van der Waals surface area contributed by atoms with Crippen LogP contribution in [0.3, 0.4) is 0 Å². The molecule has 0 amide bonds.